The molecule has 4 rings (SSSR count). The Bertz CT molecular complexity index is 1600. The monoisotopic (exact) mass is 833 g/mol. The van der Waals surface area contributed by atoms with Crippen molar-refractivity contribution in [2.45, 2.75) is 10.8 Å². The van der Waals surface area contributed by atoms with Crippen molar-refractivity contribution in [3.63, 3.8) is 0 Å². The van der Waals surface area contributed by atoms with Gasteiger partial charge in [-0.05, 0) is 34.4 Å². The molecular weight excluding hydrogens is 775 g/mol. The minimum atomic E-state index is -3.77. The Hall–Kier alpha value is -3.52. The molecule has 16 heteroatoms. The molecule has 1 amide bonds. The highest BCUT2D eigenvalue weighted by Gasteiger charge is 2.29. The van der Waals surface area contributed by atoms with Crippen LogP contribution in [0.4, 0.5) is 4.79 Å². The third-order valence-corrected chi connectivity index (χ3v) is 10.0. The average molecular weight is 834 g/mol. The van der Waals surface area contributed by atoms with Gasteiger partial charge in [0, 0.05) is 19.5 Å². The molecule has 0 bridgehead atoms. The van der Waals surface area contributed by atoms with Crippen molar-refractivity contribution in [2.75, 3.05) is 146 Å². The quantitative estimate of drug-likeness (QED) is 0.0616. The predicted molar refractivity (Wildman–Crippen MR) is 215 cm³/mol. The number of hydrogen-bond donors (Lipinski definition) is 0. The Kier molecular flexibility index (Phi) is 23.4. The minimum Gasteiger partial charge on any atom is -0.448 e. The first-order valence-electron chi connectivity index (χ1n) is 19.7. The lowest BCUT2D eigenvalue weighted by atomic mass is 9.98. The lowest BCUT2D eigenvalue weighted by Crippen LogP contribution is -2.32. The van der Waals surface area contributed by atoms with E-state index >= 15 is 0 Å². The van der Waals surface area contributed by atoms with Gasteiger partial charge in [-0.1, -0.05) is 66.7 Å². The van der Waals surface area contributed by atoms with E-state index in [2.05, 4.69) is 24.3 Å². The zero-order valence-corrected chi connectivity index (χ0v) is 34.3. The number of hydrogen-bond acceptors (Lipinski definition) is 14. The van der Waals surface area contributed by atoms with Crippen molar-refractivity contribution in [1.29, 1.82) is 0 Å². The first-order valence-corrected chi connectivity index (χ1v) is 21.1. The van der Waals surface area contributed by atoms with Crippen LogP contribution in [-0.2, 0) is 61.7 Å². The molecule has 0 saturated heterocycles. The van der Waals surface area contributed by atoms with Gasteiger partial charge in [0.25, 0.3) is 10.1 Å². The van der Waals surface area contributed by atoms with E-state index in [9.17, 15) is 13.2 Å². The smallest absolute Gasteiger partial charge is 0.409 e. The number of ether oxygens (including phenoxy) is 10. The molecule has 0 aliphatic heterocycles. The van der Waals surface area contributed by atoms with E-state index in [1.165, 1.54) is 39.3 Å². The molecule has 15 nitrogen and oxygen atoms in total. The normalized spacial score (nSPS) is 12.4. The van der Waals surface area contributed by atoms with Crippen LogP contribution < -0.4 is 0 Å². The van der Waals surface area contributed by atoms with Crippen LogP contribution in [0, 0.1) is 0 Å². The Balaban J connectivity index is 0.809. The van der Waals surface area contributed by atoms with Crippen LogP contribution in [0.5, 0.6) is 0 Å². The molecule has 0 heterocycles. The number of fused-ring (bicyclic) bond motifs is 3. The van der Waals surface area contributed by atoms with Crippen molar-refractivity contribution in [3.05, 3.63) is 90.0 Å². The maximum absolute atomic E-state index is 12.6. The fraction of sp³-hybridized carbons (Fsp3) is 0.548. The predicted octanol–water partition coefficient (Wildman–Crippen LogP) is 4.42. The standard InChI is InChI=1S/C42H59NO14S/c1-43(42(44)56-35-41-39-13-7-5-11-37(39)38-12-6-8-14-40(38)41)15-16-47-17-18-48-19-20-49-21-22-50-23-24-51-25-26-52-27-28-53-29-30-54-31-32-55-33-34-57-58(45,46)36-9-3-2-4-10-36/h2-14,41H,15-35H2,1H3. The lowest BCUT2D eigenvalue weighted by molar-refractivity contribution is -0.0255. The molecule has 322 valence electrons. The summed E-state index contributed by atoms with van der Waals surface area (Å²) in [5.74, 6) is 0.0308. The topological polar surface area (TPSA) is 156 Å². The Morgan fingerprint density at radius 3 is 1.24 bits per heavy atom. The molecular formula is C42H59NO14S. The average Bonchev–Trinajstić information content (AvgIpc) is 3.57. The molecule has 0 saturated carbocycles. The van der Waals surface area contributed by atoms with E-state index in [-0.39, 0.29) is 30.1 Å². The van der Waals surface area contributed by atoms with Crippen LogP contribution in [0.1, 0.15) is 17.0 Å². The summed E-state index contributed by atoms with van der Waals surface area (Å²) in [4.78, 5) is 14.3. The molecule has 1 aliphatic rings. The summed E-state index contributed by atoms with van der Waals surface area (Å²) in [7, 11) is -2.06. The fourth-order valence-electron chi connectivity index (χ4n) is 5.72. The minimum absolute atomic E-state index is 0.0308. The number of rotatable bonds is 34. The second-order valence-corrected chi connectivity index (χ2v) is 14.4. The highest BCUT2D eigenvalue weighted by molar-refractivity contribution is 7.86. The number of carbonyl (C=O) groups excluding carboxylic acids is 1. The lowest BCUT2D eigenvalue weighted by Gasteiger charge is -2.19. The number of carbonyl (C=O) groups is 1. The van der Waals surface area contributed by atoms with Crippen LogP contribution in [0.2, 0.25) is 0 Å². The van der Waals surface area contributed by atoms with E-state index in [4.69, 9.17) is 51.6 Å². The summed E-state index contributed by atoms with van der Waals surface area (Å²) in [6.45, 7) is 8.12. The van der Waals surface area contributed by atoms with Gasteiger partial charge in [0.05, 0.1) is 130 Å². The van der Waals surface area contributed by atoms with Gasteiger partial charge in [0.15, 0.2) is 0 Å². The van der Waals surface area contributed by atoms with Gasteiger partial charge in [0.2, 0.25) is 0 Å². The SMILES string of the molecule is CN(CCOCCOCCOCCOCCOCCOCCOCCOCCOCCOS(=O)(=O)c1ccccc1)C(=O)OCC1c2ccccc2-c2ccccc21. The Morgan fingerprint density at radius 1 is 0.483 bits per heavy atom. The first-order chi connectivity index (χ1) is 28.5. The third kappa shape index (κ3) is 18.2. The summed E-state index contributed by atoms with van der Waals surface area (Å²) < 4.78 is 84.0. The van der Waals surface area contributed by atoms with Gasteiger partial charge >= 0.3 is 6.09 Å². The van der Waals surface area contributed by atoms with E-state index < -0.39 is 10.1 Å². The molecule has 0 unspecified atom stereocenters. The van der Waals surface area contributed by atoms with Gasteiger partial charge in [-0.3, -0.25) is 4.18 Å². The summed E-state index contributed by atoms with van der Waals surface area (Å²) in [6.07, 6.45) is -0.372. The molecule has 58 heavy (non-hydrogen) atoms. The zero-order valence-electron chi connectivity index (χ0n) is 33.5. The molecule has 0 aromatic heterocycles. The van der Waals surface area contributed by atoms with Gasteiger partial charge in [0.1, 0.15) is 6.61 Å². The van der Waals surface area contributed by atoms with Crippen LogP contribution in [0.25, 0.3) is 11.1 Å². The van der Waals surface area contributed by atoms with E-state index in [0.717, 1.165) is 0 Å². The summed E-state index contributed by atoms with van der Waals surface area (Å²) in [5, 5.41) is 0. The van der Waals surface area contributed by atoms with Crippen LogP contribution >= 0.6 is 0 Å². The Labute approximate surface area is 342 Å². The fourth-order valence-corrected chi connectivity index (χ4v) is 6.63. The summed E-state index contributed by atoms with van der Waals surface area (Å²) in [6, 6.07) is 24.5. The largest absolute Gasteiger partial charge is 0.448 e. The highest BCUT2D eigenvalue weighted by atomic mass is 32.2. The molecule has 0 spiro atoms. The van der Waals surface area contributed by atoms with Crippen molar-refractivity contribution >= 4 is 16.2 Å². The van der Waals surface area contributed by atoms with Crippen LogP contribution in [0.15, 0.2) is 83.8 Å². The highest BCUT2D eigenvalue weighted by Crippen LogP contribution is 2.44. The maximum atomic E-state index is 12.6. The number of benzene rings is 3. The van der Waals surface area contributed by atoms with Gasteiger partial charge < -0.3 is 52.3 Å². The molecule has 3 aromatic carbocycles. The van der Waals surface area contributed by atoms with Gasteiger partial charge in [-0.25, -0.2) is 4.79 Å². The van der Waals surface area contributed by atoms with E-state index in [1.54, 1.807) is 25.2 Å². The van der Waals surface area contributed by atoms with Gasteiger partial charge in [-0.2, -0.15) is 8.42 Å². The molecule has 0 atom stereocenters. The molecule has 0 N–H and O–H groups in total. The van der Waals surface area contributed by atoms with E-state index in [1.807, 2.05) is 24.3 Å². The van der Waals surface area contributed by atoms with Crippen molar-refractivity contribution in [3.8, 4) is 11.1 Å². The number of nitrogens with zero attached hydrogens (tertiary/aromatic N) is 1. The summed E-state index contributed by atoms with van der Waals surface area (Å²) in [5.41, 5.74) is 4.77. The van der Waals surface area contributed by atoms with Crippen molar-refractivity contribution < 1.29 is 64.8 Å². The number of amides is 1. The third-order valence-electron chi connectivity index (χ3n) is 8.69. The zero-order chi connectivity index (χ0) is 40.9. The maximum Gasteiger partial charge on any atom is 0.409 e. The van der Waals surface area contributed by atoms with Crippen LogP contribution in [-0.4, -0.2) is 165 Å². The number of likely N-dealkylation sites (N-methyl/N-ethyl adjacent to an activating group) is 1. The second kappa shape index (κ2) is 28.8. The molecule has 3 aromatic rings. The molecule has 0 fully saturated rings. The van der Waals surface area contributed by atoms with Crippen LogP contribution in [0.3, 0.4) is 0 Å². The van der Waals surface area contributed by atoms with Crippen molar-refractivity contribution in [2.24, 2.45) is 0 Å². The summed E-state index contributed by atoms with van der Waals surface area (Å²) >= 11 is 0. The van der Waals surface area contributed by atoms with Crippen molar-refractivity contribution in [1.82, 2.24) is 4.90 Å². The van der Waals surface area contributed by atoms with E-state index in [0.29, 0.717) is 125 Å². The first kappa shape index (κ1) is 47.2. The second-order valence-electron chi connectivity index (χ2n) is 12.8. The van der Waals surface area contributed by atoms with Gasteiger partial charge in [-0.15, -0.1) is 0 Å². The molecule has 0 radical (unpaired) electrons. The Morgan fingerprint density at radius 2 is 0.828 bits per heavy atom. The molecule has 1 aliphatic carbocycles.